The first-order valence-corrected chi connectivity index (χ1v) is 21.7. The molecule has 0 radical (unpaired) electrons. The second-order valence-electron chi connectivity index (χ2n) is 12.6. The van der Waals surface area contributed by atoms with Crippen molar-refractivity contribution >= 4 is 86.6 Å². The van der Waals surface area contributed by atoms with Crippen LogP contribution in [0.5, 0.6) is 0 Å². The number of carboxylic acids is 1. The quantitative estimate of drug-likeness (QED) is 0.102. The normalized spacial score (nSPS) is 17.5. The molecular formula is C31H32Br2ClF5N4O6S3. The number of nitrogens with one attached hydrogen (secondary N) is 1. The minimum Gasteiger partial charge on any atom is -0.480 e. The molecule has 2 aliphatic heterocycles. The topological polar surface area (TPSA) is 137 Å². The number of nitrogens with zero attached hydrogens (tertiary/aromatic N) is 3. The van der Waals surface area contributed by atoms with Crippen molar-refractivity contribution in [3.05, 3.63) is 66.3 Å². The molecule has 10 nitrogen and oxygen atoms in total. The van der Waals surface area contributed by atoms with Crippen LogP contribution in [-0.4, -0.2) is 69.4 Å². The Morgan fingerprint density at radius 1 is 0.904 bits per heavy atom. The third-order valence-electron chi connectivity index (χ3n) is 9.34. The predicted octanol–water partition coefficient (Wildman–Crippen LogP) is 7.48. The summed E-state index contributed by atoms with van der Waals surface area (Å²) in [6, 6.07) is 0.441. The summed E-state index contributed by atoms with van der Waals surface area (Å²) in [6.45, 7) is 2.22. The van der Waals surface area contributed by atoms with Crippen molar-refractivity contribution in [2.75, 3.05) is 31.1 Å². The second-order valence-corrected chi connectivity index (χ2v) is 19.9. The second kappa shape index (κ2) is 16.8. The van der Waals surface area contributed by atoms with Crippen molar-refractivity contribution < 1.29 is 48.7 Å². The van der Waals surface area contributed by atoms with E-state index in [0.29, 0.717) is 52.6 Å². The van der Waals surface area contributed by atoms with Crippen LogP contribution in [0.15, 0.2) is 36.4 Å². The Balaban J connectivity index is 1.10. The molecule has 2 aliphatic rings. The lowest BCUT2D eigenvalue weighted by molar-refractivity contribution is -0.138. The van der Waals surface area contributed by atoms with Crippen molar-refractivity contribution in [1.29, 1.82) is 0 Å². The van der Waals surface area contributed by atoms with E-state index >= 15 is 0 Å². The monoisotopic (exact) mass is 940 g/mol. The van der Waals surface area contributed by atoms with Crippen LogP contribution < -0.4 is 9.62 Å². The SMILES string of the molecule is O=C(O)C(Cc1c(F)c(F)c(F)c(F)c1F)NS(=O)(=O)c1cnc(N2CCC(CCCC3CCN(S(=O)(=O)c4cc(Br)c(Cl)s4)CC3)CC2)c(Br)c1. The molecular weight excluding hydrogens is 911 g/mol. The number of rotatable bonds is 13. The number of aliphatic carboxylic acids is 1. The van der Waals surface area contributed by atoms with Crippen LogP contribution in [0.1, 0.15) is 50.5 Å². The summed E-state index contributed by atoms with van der Waals surface area (Å²) in [6.07, 6.45) is 5.97. The molecule has 0 spiro atoms. The maximum Gasteiger partial charge on any atom is 0.322 e. The maximum atomic E-state index is 14.2. The number of carboxylic acid groups (broad SMARTS) is 1. The molecule has 2 N–H and O–H groups in total. The standard InChI is InChI=1S/C31H32Br2ClF5N4O6S3/c32-20-14-23(50-29(20)34)52(48,49)43-10-6-17(7-11-43)3-1-2-16-4-8-42(9-5-16)30-21(33)12-18(15-40-30)51(46,47)41-22(31(44)45)13-19-24(35)26(37)28(39)27(38)25(19)36/h12,14-17,22,41H,1-11,13H2,(H,44,45). The van der Waals surface area contributed by atoms with E-state index < -0.39 is 78.0 Å². The van der Waals surface area contributed by atoms with E-state index in [4.69, 9.17) is 11.6 Å². The van der Waals surface area contributed by atoms with Gasteiger partial charge in [0.15, 0.2) is 23.3 Å². The number of halogens is 8. The Morgan fingerprint density at radius 3 is 1.94 bits per heavy atom. The smallest absolute Gasteiger partial charge is 0.322 e. The first-order chi connectivity index (χ1) is 24.4. The molecule has 1 atom stereocenters. The summed E-state index contributed by atoms with van der Waals surface area (Å²) in [5, 5.41) is 9.52. The summed E-state index contributed by atoms with van der Waals surface area (Å²) < 4.78 is 126. The molecule has 2 saturated heterocycles. The molecule has 0 bridgehead atoms. The van der Waals surface area contributed by atoms with Gasteiger partial charge in [0.05, 0.1) is 4.47 Å². The number of piperidine rings is 2. The summed E-state index contributed by atoms with van der Waals surface area (Å²) in [5.74, 6) is -12.1. The Kier molecular flexibility index (Phi) is 13.3. The average molecular weight is 943 g/mol. The third-order valence-corrected chi connectivity index (χ3v) is 16.2. The van der Waals surface area contributed by atoms with E-state index in [1.165, 1.54) is 16.4 Å². The number of carbonyl (C=O) groups is 1. The average Bonchev–Trinajstić information content (AvgIpc) is 3.46. The van der Waals surface area contributed by atoms with Crippen LogP contribution in [-0.2, 0) is 31.3 Å². The lowest BCUT2D eigenvalue weighted by Gasteiger charge is -2.34. The molecule has 21 heteroatoms. The van der Waals surface area contributed by atoms with Gasteiger partial charge in [-0.15, -0.1) is 11.3 Å². The van der Waals surface area contributed by atoms with Crippen LogP contribution >= 0.6 is 54.8 Å². The zero-order valence-corrected chi connectivity index (χ0v) is 33.4. The van der Waals surface area contributed by atoms with Gasteiger partial charge in [0.1, 0.15) is 25.3 Å². The van der Waals surface area contributed by atoms with Gasteiger partial charge in [-0.2, -0.15) is 9.03 Å². The lowest BCUT2D eigenvalue weighted by atomic mass is 9.87. The number of thiophene rings is 1. The number of pyridine rings is 1. The summed E-state index contributed by atoms with van der Waals surface area (Å²) in [5.41, 5.74) is -1.48. The van der Waals surface area contributed by atoms with Crippen molar-refractivity contribution in [3.8, 4) is 0 Å². The van der Waals surface area contributed by atoms with Gasteiger partial charge in [-0.25, -0.2) is 43.8 Å². The summed E-state index contributed by atoms with van der Waals surface area (Å²) in [7, 11) is -8.26. The van der Waals surface area contributed by atoms with Crippen LogP contribution in [0.3, 0.4) is 0 Å². The van der Waals surface area contributed by atoms with Crippen molar-refractivity contribution in [3.63, 3.8) is 0 Å². The van der Waals surface area contributed by atoms with Crippen molar-refractivity contribution in [1.82, 2.24) is 14.0 Å². The first kappa shape index (κ1) is 41.2. The van der Waals surface area contributed by atoms with Gasteiger partial charge in [-0.05, 0) is 81.5 Å². The highest BCUT2D eigenvalue weighted by Crippen LogP contribution is 2.38. The van der Waals surface area contributed by atoms with Gasteiger partial charge in [-0.1, -0.05) is 30.9 Å². The zero-order chi connectivity index (χ0) is 38.1. The fraction of sp³-hybridized carbons (Fsp3) is 0.484. The molecule has 0 aliphatic carbocycles. The van der Waals surface area contributed by atoms with Crippen LogP contribution in [0, 0.1) is 40.9 Å². The molecule has 4 heterocycles. The summed E-state index contributed by atoms with van der Waals surface area (Å²) >= 11 is 13.7. The molecule has 5 rings (SSSR count). The fourth-order valence-corrected chi connectivity index (χ4v) is 12.2. The third kappa shape index (κ3) is 9.12. The Labute approximate surface area is 323 Å². The van der Waals surface area contributed by atoms with Gasteiger partial charge < -0.3 is 10.0 Å². The predicted molar refractivity (Wildman–Crippen MR) is 191 cm³/mol. The highest BCUT2D eigenvalue weighted by Gasteiger charge is 2.34. The molecule has 1 unspecified atom stereocenters. The molecule has 286 valence electrons. The molecule has 0 amide bonds. The van der Waals surface area contributed by atoms with Crippen molar-refractivity contribution in [2.24, 2.45) is 11.8 Å². The number of anilines is 1. The van der Waals surface area contributed by atoms with Crippen LogP contribution in [0.2, 0.25) is 4.34 Å². The minimum absolute atomic E-state index is 0.232. The Hall–Kier alpha value is -1.94. The van der Waals surface area contributed by atoms with E-state index in [1.54, 1.807) is 4.72 Å². The van der Waals surface area contributed by atoms with Crippen molar-refractivity contribution in [2.45, 2.75) is 66.5 Å². The minimum atomic E-state index is -4.69. The van der Waals surface area contributed by atoms with E-state index in [0.717, 1.165) is 62.5 Å². The summed E-state index contributed by atoms with van der Waals surface area (Å²) in [4.78, 5) is 17.5. The highest BCUT2D eigenvalue weighted by molar-refractivity contribution is 9.11. The number of benzene rings is 1. The van der Waals surface area contributed by atoms with Gasteiger partial charge in [0, 0.05) is 48.8 Å². The largest absolute Gasteiger partial charge is 0.480 e. The lowest BCUT2D eigenvalue weighted by Crippen LogP contribution is -2.42. The number of hydrogen-bond donors (Lipinski definition) is 2. The first-order valence-electron chi connectivity index (χ1n) is 16.0. The van der Waals surface area contributed by atoms with E-state index in [9.17, 15) is 48.7 Å². The van der Waals surface area contributed by atoms with Gasteiger partial charge >= 0.3 is 5.97 Å². The Morgan fingerprint density at radius 2 is 1.44 bits per heavy atom. The number of sulfonamides is 2. The zero-order valence-electron chi connectivity index (χ0n) is 27.0. The number of hydrogen-bond acceptors (Lipinski definition) is 8. The van der Waals surface area contributed by atoms with Gasteiger partial charge in [-0.3, -0.25) is 4.79 Å². The molecule has 1 aromatic carbocycles. The van der Waals surface area contributed by atoms with Gasteiger partial charge in [0.25, 0.3) is 10.0 Å². The highest BCUT2D eigenvalue weighted by atomic mass is 79.9. The van der Waals surface area contributed by atoms with E-state index in [-0.39, 0.29) is 8.68 Å². The van der Waals surface area contributed by atoms with Crippen LogP contribution in [0.25, 0.3) is 0 Å². The Bertz CT molecular complexity index is 2000. The fourth-order valence-electron chi connectivity index (χ4n) is 6.41. The molecule has 52 heavy (non-hydrogen) atoms. The molecule has 3 aromatic rings. The number of aromatic nitrogens is 1. The maximum absolute atomic E-state index is 14.2. The molecule has 2 aromatic heterocycles. The van der Waals surface area contributed by atoms with Crippen LogP contribution in [0.4, 0.5) is 27.8 Å². The molecule has 2 fully saturated rings. The van der Waals surface area contributed by atoms with Gasteiger partial charge in [0.2, 0.25) is 15.8 Å². The van der Waals surface area contributed by atoms with E-state index in [1.807, 2.05) is 4.90 Å². The van der Waals surface area contributed by atoms with E-state index in [2.05, 4.69) is 36.8 Å². The molecule has 0 saturated carbocycles.